The third-order valence-corrected chi connectivity index (χ3v) is 6.12. The molecule has 1 aliphatic carbocycles. The first-order valence-corrected chi connectivity index (χ1v) is 9.18. The van der Waals surface area contributed by atoms with Gasteiger partial charge in [-0.3, -0.25) is 0 Å². The zero-order chi connectivity index (χ0) is 15.6. The summed E-state index contributed by atoms with van der Waals surface area (Å²) >= 11 is 12.0. The molecule has 1 fully saturated rings. The van der Waals surface area contributed by atoms with Gasteiger partial charge in [0.1, 0.15) is 4.90 Å². The van der Waals surface area contributed by atoms with E-state index in [9.17, 15) is 13.5 Å². The summed E-state index contributed by atoms with van der Waals surface area (Å²) in [5.41, 5.74) is 0.307. The van der Waals surface area contributed by atoms with Gasteiger partial charge >= 0.3 is 0 Å². The summed E-state index contributed by atoms with van der Waals surface area (Å²) in [6, 6.07) is 2.70. The molecule has 1 saturated carbocycles. The Labute approximate surface area is 135 Å². The molecule has 1 aliphatic rings. The van der Waals surface area contributed by atoms with Gasteiger partial charge in [-0.2, -0.15) is 0 Å². The van der Waals surface area contributed by atoms with Crippen molar-refractivity contribution in [2.24, 2.45) is 5.92 Å². The van der Waals surface area contributed by atoms with Crippen LogP contribution in [0.5, 0.6) is 0 Å². The van der Waals surface area contributed by atoms with Crippen molar-refractivity contribution >= 4 is 33.2 Å². The summed E-state index contributed by atoms with van der Waals surface area (Å²) in [4.78, 5) is -0.0704. The van der Waals surface area contributed by atoms with Crippen molar-refractivity contribution in [1.29, 1.82) is 0 Å². The lowest BCUT2D eigenvalue weighted by Gasteiger charge is -2.27. The van der Waals surface area contributed by atoms with Crippen LogP contribution in [-0.2, 0) is 16.6 Å². The first kappa shape index (κ1) is 17.0. The van der Waals surface area contributed by atoms with Gasteiger partial charge in [-0.25, -0.2) is 13.1 Å². The number of nitrogens with one attached hydrogen (secondary N) is 1. The van der Waals surface area contributed by atoms with Crippen LogP contribution in [0.4, 0.5) is 0 Å². The number of aliphatic hydroxyl groups excluding tert-OH is 1. The van der Waals surface area contributed by atoms with Crippen molar-refractivity contribution in [1.82, 2.24) is 4.72 Å². The summed E-state index contributed by atoms with van der Waals surface area (Å²) in [5, 5.41) is 9.49. The van der Waals surface area contributed by atoms with Crippen LogP contribution < -0.4 is 4.72 Å². The average molecular weight is 352 g/mol. The van der Waals surface area contributed by atoms with Gasteiger partial charge < -0.3 is 5.11 Å². The molecule has 1 aromatic carbocycles. The van der Waals surface area contributed by atoms with Crippen molar-refractivity contribution in [3.05, 3.63) is 27.7 Å². The molecule has 0 saturated heterocycles. The molecule has 0 spiro atoms. The van der Waals surface area contributed by atoms with Crippen molar-refractivity contribution < 1.29 is 13.5 Å². The fraction of sp³-hybridized carbons (Fsp3) is 0.571. The number of halogens is 2. The number of rotatable bonds is 4. The molecule has 21 heavy (non-hydrogen) atoms. The second kappa shape index (κ2) is 6.84. The summed E-state index contributed by atoms with van der Waals surface area (Å²) in [5.74, 6) is 0.509. The molecule has 2 N–H and O–H groups in total. The Hall–Kier alpha value is -0.330. The normalized spacial score (nSPS) is 23.2. The van der Waals surface area contributed by atoms with Gasteiger partial charge in [-0.15, -0.1) is 0 Å². The Kier molecular flexibility index (Phi) is 5.54. The first-order valence-electron chi connectivity index (χ1n) is 6.94. The quantitative estimate of drug-likeness (QED) is 0.873. The molecule has 0 bridgehead atoms. The summed E-state index contributed by atoms with van der Waals surface area (Å²) in [6.07, 6.45) is 3.79. The van der Waals surface area contributed by atoms with Crippen LogP contribution in [0.2, 0.25) is 10.0 Å². The molecule has 0 amide bonds. The van der Waals surface area contributed by atoms with Crippen molar-refractivity contribution in [2.75, 3.05) is 0 Å². The number of aliphatic hydroxyl groups is 1. The molecule has 0 aliphatic heterocycles. The second-order valence-corrected chi connectivity index (χ2v) is 8.12. The monoisotopic (exact) mass is 351 g/mol. The minimum absolute atomic E-state index is 0.0262. The summed E-state index contributed by atoms with van der Waals surface area (Å²) < 4.78 is 27.7. The molecule has 118 valence electrons. The molecule has 1 aromatic rings. The maximum Gasteiger partial charge on any atom is 0.242 e. The second-order valence-electron chi connectivity index (χ2n) is 5.63. The molecule has 4 nitrogen and oxygen atoms in total. The SMILES string of the molecule is CC1CCCC(NS(=O)(=O)c2cc(Cl)cc(CO)c2Cl)C1. The fourth-order valence-corrected chi connectivity index (χ4v) is 4.96. The molecule has 0 heterocycles. The highest BCUT2D eigenvalue weighted by molar-refractivity contribution is 7.89. The van der Waals surface area contributed by atoms with Gasteiger partial charge in [0.15, 0.2) is 0 Å². The topological polar surface area (TPSA) is 66.4 Å². The predicted molar refractivity (Wildman–Crippen MR) is 84.1 cm³/mol. The summed E-state index contributed by atoms with van der Waals surface area (Å²) in [7, 11) is -3.75. The van der Waals surface area contributed by atoms with E-state index in [1.54, 1.807) is 0 Å². The highest BCUT2D eigenvalue weighted by Gasteiger charge is 2.27. The molecule has 0 aromatic heterocycles. The third kappa shape index (κ3) is 4.11. The maximum atomic E-state index is 12.5. The fourth-order valence-electron chi connectivity index (χ4n) is 2.75. The zero-order valence-corrected chi connectivity index (χ0v) is 14.1. The molecule has 2 atom stereocenters. The Balaban J connectivity index is 2.29. The van der Waals surface area contributed by atoms with Crippen molar-refractivity contribution in [3.8, 4) is 0 Å². The Morgan fingerprint density at radius 3 is 2.67 bits per heavy atom. The van der Waals surface area contributed by atoms with Crippen LogP contribution in [0, 0.1) is 5.92 Å². The van der Waals surface area contributed by atoms with Gasteiger partial charge in [0.05, 0.1) is 11.6 Å². The first-order chi connectivity index (χ1) is 9.83. The van der Waals surface area contributed by atoms with Crippen LogP contribution in [0.1, 0.15) is 38.2 Å². The number of hydrogen-bond acceptors (Lipinski definition) is 3. The molecule has 2 rings (SSSR count). The molecule has 2 unspecified atom stereocenters. The van der Waals surface area contributed by atoms with E-state index in [0.29, 0.717) is 11.5 Å². The predicted octanol–water partition coefficient (Wildman–Crippen LogP) is 3.34. The Bertz CT molecular complexity index is 619. The van der Waals surface area contributed by atoms with Gasteiger partial charge in [-0.1, -0.05) is 43.0 Å². The minimum atomic E-state index is -3.75. The number of sulfonamides is 1. The van der Waals surface area contributed by atoms with E-state index in [0.717, 1.165) is 25.7 Å². The van der Waals surface area contributed by atoms with Crippen molar-refractivity contribution in [3.63, 3.8) is 0 Å². The van der Waals surface area contributed by atoms with Crippen LogP contribution in [0.3, 0.4) is 0 Å². The van der Waals surface area contributed by atoms with E-state index in [2.05, 4.69) is 11.6 Å². The highest BCUT2D eigenvalue weighted by Crippen LogP contribution is 2.31. The van der Waals surface area contributed by atoms with E-state index in [1.807, 2.05) is 0 Å². The van der Waals surface area contributed by atoms with E-state index >= 15 is 0 Å². The van der Waals surface area contributed by atoms with Crippen molar-refractivity contribution in [2.45, 2.75) is 50.2 Å². The van der Waals surface area contributed by atoms with Crippen LogP contribution in [0.15, 0.2) is 17.0 Å². The molecular weight excluding hydrogens is 333 g/mol. The molecule has 7 heteroatoms. The Morgan fingerprint density at radius 2 is 2.05 bits per heavy atom. The van der Waals surface area contributed by atoms with E-state index in [1.165, 1.54) is 12.1 Å². The average Bonchev–Trinajstić information content (AvgIpc) is 2.40. The van der Waals surface area contributed by atoms with Gasteiger partial charge in [-0.05, 0) is 36.5 Å². The number of hydrogen-bond donors (Lipinski definition) is 2. The van der Waals surface area contributed by atoms with E-state index in [4.69, 9.17) is 23.2 Å². The minimum Gasteiger partial charge on any atom is -0.392 e. The molecular formula is C14H19Cl2NO3S. The standard InChI is InChI=1S/C14H19Cl2NO3S/c1-9-3-2-4-12(5-9)17-21(19,20)13-7-11(15)6-10(8-18)14(13)16/h6-7,9,12,17-18H,2-5,8H2,1H3. The van der Waals surface area contributed by atoms with E-state index in [-0.39, 0.29) is 27.6 Å². The lowest BCUT2D eigenvalue weighted by molar-refractivity contribution is 0.281. The third-order valence-electron chi connectivity index (χ3n) is 3.80. The van der Waals surface area contributed by atoms with E-state index < -0.39 is 10.0 Å². The maximum absolute atomic E-state index is 12.5. The van der Waals surface area contributed by atoms with Crippen LogP contribution in [-0.4, -0.2) is 19.6 Å². The lowest BCUT2D eigenvalue weighted by atomic mass is 9.88. The largest absolute Gasteiger partial charge is 0.392 e. The van der Waals surface area contributed by atoms with Crippen LogP contribution >= 0.6 is 23.2 Å². The summed E-state index contributed by atoms with van der Waals surface area (Å²) in [6.45, 7) is 1.76. The van der Waals surface area contributed by atoms with Gasteiger partial charge in [0.25, 0.3) is 0 Å². The smallest absolute Gasteiger partial charge is 0.242 e. The van der Waals surface area contributed by atoms with Gasteiger partial charge in [0, 0.05) is 11.1 Å². The lowest BCUT2D eigenvalue weighted by Crippen LogP contribution is -2.38. The molecule has 0 radical (unpaired) electrons. The Morgan fingerprint density at radius 1 is 1.33 bits per heavy atom. The number of benzene rings is 1. The van der Waals surface area contributed by atoms with Crippen LogP contribution in [0.25, 0.3) is 0 Å². The highest BCUT2D eigenvalue weighted by atomic mass is 35.5. The zero-order valence-electron chi connectivity index (χ0n) is 11.8. The van der Waals surface area contributed by atoms with Gasteiger partial charge in [0.2, 0.25) is 10.0 Å².